The summed E-state index contributed by atoms with van der Waals surface area (Å²) in [6, 6.07) is 19.1. The van der Waals surface area contributed by atoms with E-state index in [0.29, 0.717) is 6.54 Å². The van der Waals surface area contributed by atoms with E-state index in [1.165, 1.54) is 10.5 Å². The fourth-order valence-electron chi connectivity index (χ4n) is 3.83. The van der Waals surface area contributed by atoms with E-state index >= 15 is 0 Å². The average molecular weight is 368 g/mol. The van der Waals surface area contributed by atoms with Gasteiger partial charge in [0, 0.05) is 42.9 Å². The van der Waals surface area contributed by atoms with Crippen LogP contribution in [0.3, 0.4) is 0 Å². The summed E-state index contributed by atoms with van der Waals surface area (Å²) >= 11 is 1.84. The van der Waals surface area contributed by atoms with Crippen molar-refractivity contribution in [1.82, 2.24) is 9.80 Å². The minimum absolute atomic E-state index is 0.211. The Kier molecular flexibility index (Phi) is 5.29. The smallest absolute Gasteiger partial charge is 0.241 e. The Balaban J connectivity index is 1.53. The molecule has 4 nitrogen and oxygen atoms in total. The summed E-state index contributed by atoms with van der Waals surface area (Å²) in [6.45, 7) is 4.16. The Labute approximate surface area is 159 Å². The minimum atomic E-state index is 0.211. The normalized spacial score (nSPS) is 21.4. The average Bonchev–Trinajstić information content (AvgIpc) is 2.69. The van der Waals surface area contributed by atoms with Crippen molar-refractivity contribution in [3.63, 3.8) is 0 Å². The Morgan fingerprint density at radius 2 is 1.81 bits per heavy atom. The van der Waals surface area contributed by atoms with Crippen LogP contribution in [0.4, 0.5) is 5.69 Å². The highest BCUT2D eigenvalue weighted by Crippen LogP contribution is 2.34. The first-order chi connectivity index (χ1) is 12.7. The van der Waals surface area contributed by atoms with E-state index in [4.69, 9.17) is 0 Å². The van der Waals surface area contributed by atoms with Crippen LogP contribution in [0.5, 0.6) is 0 Å². The summed E-state index contributed by atoms with van der Waals surface area (Å²) in [5.41, 5.74) is 2.36. The Hall–Kier alpha value is -1.82. The number of rotatable bonds is 3. The number of benzene rings is 2. The number of thioether (sulfide) groups is 1. The Morgan fingerprint density at radius 3 is 2.65 bits per heavy atom. The maximum Gasteiger partial charge on any atom is 0.241 e. The van der Waals surface area contributed by atoms with Gasteiger partial charge in [0.25, 0.3) is 0 Å². The van der Waals surface area contributed by atoms with E-state index in [1.54, 1.807) is 0 Å². The van der Waals surface area contributed by atoms with Gasteiger partial charge in [-0.05, 0) is 24.7 Å². The number of nitrogens with zero attached hydrogens (tertiary/aromatic N) is 3. The largest absolute Gasteiger partial charge is 0.309 e. The van der Waals surface area contributed by atoms with Crippen LogP contribution in [0, 0.1) is 0 Å². The standard InChI is InChI=1S/C21H25N3OS/c1-22-11-12-23(19(15-22)17-7-3-2-4-8-17)16-21(25)24-13-14-26-20-10-6-5-9-18(20)24/h2-10,19H,11-16H2,1H3. The number of carbonyl (C=O) groups is 1. The maximum atomic E-state index is 13.1. The van der Waals surface area contributed by atoms with Crippen LogP contribution >= 0.6 is 11.8 Å². The van der Waals surface area contributed by atoms with E-state index in [-0.39, 0.29) is 11.9 Å². The third-order valence-corrected chi connectivity index (χ3v) is 6.29. The molecule has 1 unspecified atom stereocenters. The van der Waals surface area contributed by atoms with Crippen molar-refractivity contribution in [3.05, 3.63) is 60.2 Å². The first kappa shape index (κ1) is 17.6. The van der Waals surface area contributed by atoms with Crippen LogP contribution in [0.1, 0.15) is 11.6 Å². The lowest BCUT2D eigenvalue weighted by atomic mass is 10.0. The van der Waals surface area contributed by atoms with Gasteiger partial charge in [-0.2, -0.15) is 0 Å². The number of hydrogen-bond donors (Lipinski definition) is 0. The van der Waals surface area contributed by atoms with Crippen LogP contribution in [0.15, 0.2) is 59.5 Å². The molecule has 2 aromatic rings. The van der Waals surface area contributed by atoms with Crippen LogP contribution < -0.4 is 4.90 Å². The summed E-state index contributed by atoms with van der Waals surface area (Å²) < 4.78 is 0. The van der Waals surface area contributed by atoms with E-state index < -0.39 is 0 Å². The van der Waals surface area contributed by atoms with Gasteiger partial charge < -0.3 is 9.80 Å². The third kappa shape index (κ3) is 3.65. The van der Waals surface area contributed by atoms with Crippen molar-refractivity contribution in [2.24, 2.45) is 0 Å². The van der Waals surface area contributed by atoms with Gasteiger partial charge in [0.2, 0.25) is 5.91 Å². The lowest BCUT2D eigenvalue weighted by Gasteiger charge is -2.41. The first-order valence-corrected chi connectivity index (χ1v) is 10.2. The summed E-state index contributed by atoms with van der Waals surface area (Å²) in [4.78, 5) is 21.0. The van der Waals surface area contributed by atoms with Crippen LogP contribution in [0.2, 0.25) is 0 Å². The molecule has 0 spiro atoms. The predicted molar refractivity (Wildman–Crippen MR) is 108 cm³/mol. The SMILES string of the molecule is CN1CCN(CC(=O)N2CCSc3ccccc32)C(c2ccccc2)C1. The molecular formula is C21H25N3OS. The number of fused-ring (bicyclic) bond motifs is 1. The van der Waals surface area contributed by atoms with Crippen molar-refractivity contribution >= 4 is 23.4 Å². The molecule has 4 rings (SSSR count). The minimum Gasteiger partial charge on any atom is -0.309 e. The Morgan fingerprint density at radius 1 is 1.04 bits per heavy atom. The first-order valence-electron chi connectivity index (χ1n) is 9.22. The van der Waals surface area contributed by atoms with Gasteiger partial charge in [-0.1, -0.05) is 42.5 Å². The molecule has 0 saturated carbocycles. The zero-order valence-corrected chi connectivity index (χ0v) is 16.0. The molecular weight excluding hydrogens is 342 g/mol. The molecule has 1 fully saturated rings. The lowest BCUT2D eigenvalue weighted by Crippen LogP contribution is -2.51. The zero-order chi connectivity index (χ0) is 17.9. The molecule has 1 atom stereocenters. The third-order valence-electron chi connectivity index (χ3n) is 5.25. The van der Waals surface area contributed by atoms with E-state index in [9.17, 15) is 4.79 Å². The monoisotopic (exact) mass is 367 g/mol. The van der Waals surface area contributed by atoms with Crippen LogP contribution in [0.25, 0.3) is 0 Å². The van der Waals surface area contributed by atoms with Crippen LogP contribution in [-0.2, 0) is 4.79 Å². The van der Waals surface area contributed by atoms with Crippen molar-refractivity contribution in [2.45, 2.75) is 10.9 Å². The van der Waals surface area contributed by atoms with Gasteiger partial charge in [0.1, 0.15) is 0 Å². The van der Waals surface area contributed by atoms with Crippen molar-refractivity contribution < 1.29 is 4.79 Å². The van der Waals surface area contributed by atoms with Crippen molar-refractivity contribution in [3.8, 4) is 0 Å². The summed E-state index contributed by atoms with van der Waals surface area (Å²) in [5.74, 6) is 1.18. The van der Waals surface area contributed by atoms with E-state index in [1.807, 2.05) is 34.9 Å². The topological polar surface area (TPSA) is 26.8 Å². The molecule has 2 aliphatic rings. The molecule has 2 aliphatic heterocycles. The molecule has 26 heavy (non-hydrogen) atoms. The maximum absolute atomic E-state index is 13.1. The van der Waals surface area contributed by atoms with Gasteiger partial charge >= 0.3 is 0 Å². The number of carbonyl (C=O) groups excluding carboxylic acids is 1. The lowest BCUT2D eigenvalue weighted by molar-refractivity contribution is -0.121. The highest BCUT2D eigenvalue weighted by molar-refractivity contribution is 7.99. The molecule has 0 aromatic heterocycles. The molecule has 1 amide bonds. The number of piperazine rings is 1. The van der Waals surface area contributed by atoms with Gasteiger partial charge in [0.05, 0.1) is 12.2 Å². The number of para-hydroxylation sites is 1. The molecule has 136 valence electrons. The summed E-state index contributed by atoms with van der Waals surface area (Å²) in [7, 11) is 2.16. The van der Waals surface area contributed by atoms with Gasteiger partial charge in [-0.15, -0.1) is 11.8 Å². The summed E-state index contributed by atoms with van der Waals surface area (Å²) in [6.07, 6.45) is 0. The van der Waals surface area contributed by atoms with Crippen molar-refractivity contribution in [1.29, 1.82) is 0 Å². The van der Waals surface area contributed by atoms with E-state index in [2.05, 4.69) is 53.2 Å². The second-order valence-corrected chi connectivity index (χ2v) is 8.16. The van der Waals surface area contributed by atoms with Crippen LogP contribution in [-0.4, -0.2) is 61.2 Å². The molecule has 0 bridgehead atoms. The Bertz CT molecular complexity index is 767. The number of likely N-dealkylation sites (N-methyl/N-ethyl adjacent to an activating group) is 1. The van der Waals surface area contributed by atoms with Crippen molar-refractivity contribution in [2.75, 3.05) is 50.4 Å². The predicted octanol–water partition coefficient (Wildman–Crippen LogP) is 3.11. The quantitative estimate of drug-likeness (QED) is 0.833. The molecule has 1 saturated heterocycles. The van der Waals surface area contributed by atoms with Gasteiger partial charge in [-0.25, -0.2) is 0 Å². The zero-order valence-electron chi connectivity index (χ0n) is 15.2. The van der Waals surface area contributed by atoms with Gasteiger partial charge in [0.15, 0.2) is 0 Å². The molecule has 0 N–H and O–H groups in total. The number of anilines is 1. The number of hydrogen-bond acceptors (Lipinski definition) is 4. The fraction of sp³-hybridized carbons (Fsp3) is 0.381. The summed E-state index contributed by atoms with van der Waals surface area (Å²) in [5, 5.41) is 0. The molecule has 5 heteroatoms. The van der Waals surface area contributed by atoms with E-state index in [0.717, 1.165) is 37.6 Å². The second-order valence-electron chi connectivity index (χ2n) is 7.02. The van der Waals surface area contributed by atoms with Gasteiger partial charge in [-0.3, -0.25) is 9.69 Å². The molecule has 2 heterocycles. The molecule has 0 aliphatic carbocycles. The molecule has 2 aromatic carbocycles. The highest BCUT2D eigenvalue weighted by Gasteiger charge is 2.30. The highest BCUT2D eigenvalue weighted by atomic mass is 32.2. The molecule has 0 radical (unpaired) electrons. The second kappa shape index (κ2) is 7.82. The fourth-order valence-corrected chi connectivity index (χ4v) is 4.82. The number of amides is 1.